The lowest BCUT2D eigenvalue weighted by atomic mass is 10.2. The molecule has 160 valence electrons. The van der Waals surface area contributed by atoms with Gasteiger partial charge in [0.2, 0.25) is 0 Å². The first-order valence-electron chi connectivity index (χ1n) is 8.92. The monoisotopic (exact) mass is 442 g/mol. The van der Waals surface area contributed by atoms with Crippen LogP contribution >= 0.6 is 0 Å². The molecule has 1 aromatic heterocycles. The highest BCUT2D eigenvalue weighted by Gasteiger charge is 2.19. The standard InChI is InChI=1S/C20H18N4O6S/c1-30-19-7-4-16(24(26)27)12-18(19)23-31(28,29)17-5-2-15(3-6-17)20(25)22-13-14-8-10-21-11-9-14/h2-12,23H,13H2,1H3,(H,22,25). The van der Waals surface area contributed by atoms with Crippen molar-refractivity contribution in [2.75, 3.05) is 11.8 Å². The molecule has 0 saturated heterocycles. The van der Waals surface area contributed by atoms with Crippen LogP contribution in [0.25, 0.3) is 0 Å². The number of nitro groups is 1. The molecule has 0 atom stereocenters. The molecule has 31 heavy (non-hydrogen) atoms. The van der Waals surface area contributed by atoms with E-state index in [9.17, 15) is 23.3 Å². The first-order valence-corrected chi connectivity index (χ1v) is 10.4. The van der Waals surface area contributed by atoms with E-state index in [1.54, 1.807) is 24.5 Å². The number of carbonyl (C=O) groups excluding carboxylic acids is 1. The van der Waals surface area contributed by atoms with E-state index in [1.165, 1.54) is 43.5 Å². The topological polar surface area (TPSA) is 141 Å². The molecule has 2 aromatic carbocycles. The summed E-state index contributed by atoms with van der Waals surface area (Å²) in [5, 5.41) is 13.7. The van der Waals surface area contributed by atoms with Crippen molar-refractivity contribution in [2.24, 2.45) is 0 Å². The summed E-state index contributed by atoms with van der Waals surface area (Å²) in [6.07, 6.45) is 3.23. The smallest absolute Gasteiger partial charge is 0.271 e. The summed E-state index contributed by atoms with van der Waals surface area (Å²) in [7, 11) is -2.76. The Bertz CT molecular complexity index is 1200. The number of nitro benzene ring substituents is 1. The van der Waals surface area contributed by atoms with Crippen LogP contribution in [0.4, 0.5) is 11.4 Å². The van der Waals surface area contributed by atoms with Crippen molar-refractivity contribution in [3.63, 3.8) is 0 Å². The molecule has 0 fully saturated rings. The van der Waals surface area contributed by atoms with E-state index in [2.05, 4.69) is 15.0 Å². The zero-order chi connectivity index (χ0) is 22.4. The molecule has 0 bridgehead atoms. The molecular formula is C20H18N4O6S. The van der Waals surface area contributed by atoms with E-state index in [1.807, 2.05) is 0 Å². The fraction of sp³-hybridized carbons (Fsp3) is 0.100. The van der Waals surface area contributed by atoms with Gasteiger partial charge in [0.15, 0.2) is 0 Å². The van der Waals surface area contributed by atoms with Crippen LogP contribution < -0.4 is 14.8 Å². The molecule has 3 aromatic rings. The summed E-state index contributed by atoms with van der Waals surface area (Å²) in [4.78, 5) is 26.4. The Morgan fingerprint density at radius 2 is 1.77 bits per heavy atom. The first-order chi connectivity index (χ1) is 14.8. The third-order valence-corrected chi connectivity index (χ3v) is 5.65. The number of anilines is 1. The van der Waals surface area contributed by atoms with Crippen LogP contribution in [-0.2, 0) is 16.6 Å². The van der Waals surface area contributed by atoms with Gasteiger partial charge < -0.3 is 10.1 Å². The van der Waals surface area contributed by atoms with Crippen LogP contribution in [0.3, 0.4) is 0 Å². The maximum Gasteiger partial charge on any atom is 0.271 e. The molecule has 0 aliphatic heterocycles. The summed E-state index contributed by atoms with van der Waals surface area (Å²) >= 11 is 0. The third kappa shape index (κ3) is 5.34. The van der Waals surface area contributed by atoms with Crippen molar-refractivity contribution in [1.82, 2.24) is 10.3 Å². The molecule has 1 amide bonds. The number of sulfonamides is 1. The van der Waals surface area contributed by atoms with Crippen LogP contribution in [0.1, 0.15) is 15.9 Å². The van der Waals surface area contributed by atoms with Crippen LogP contribution in [0, 0.1) is 10.1 Å². The van der Waals surface area contributed by atoms with Crippen LogP contribution in [0.5, 0.6) is 5.75 Å². The normalized spacial score (nSPS) is 10.9. The largest absolute Gasteiger partial charge is 0.495 e. The number of nitrogens with zero attached hydrogens (tertiary/aromatic N) is 2. The molecule has 0 saturated carbocycles. The molecule has 0 radical (unpaired) electrons. The second kappa shape index (κ2) is 9.22. The Balaban J connectivity index is 1.75. The van der Waals surface area contributed by atoms with Crippen molar-refractivity contribution >= 4 is 27.3 Å². The Morgan fingerprint density at radius 1 is 1.10 bits per heavy atom. The fourth-order valence-electron chi connectivity index (χ4n) is 2.66. The number of carbonyl (C=O) groups is 1. The van der Waals surface area contributed by atoms with E-state index in [0.29, 0.717) is 6.54 Å². The second-order valence-corrected chi connectivity index (χ2v) is 7.99. The summed E-state index contributed by atoms with van der Waals surface area (Å²) in [6, 6.07) is 12.4. The number of benzene rings is 2. The van der Waals surface area contributed by atoms with E-state index < -0.39 is 14.9 Å². The van der Waals surface area contributed by atoms with E-state index in [-0.39, 0.29) is 33.5 Å². The number of nitrogens with one attached hydrogen (secondary N) is 2. The van der Waals surface area contributed by atoms with Gasteiger partial charge in [0, 0.05) is 36.6 Å². The molecule has 1 heterocycles. The van der Waals surface area contributed by atoms with E-state index in [0.717, 1.165) is 11.6 Å². The minimum Gasteiger partial charge on any atom is -0.495 e. The lowest BCUT2D eigenvalue weighted by Crippen LogP contribution is -2.23. The second-order valence-electron chi connectivity index (χ2n) is 6.31. The number of pyridine rings is 1. The maximum absolute atomic E-state index is 12.7. The number of hydrogen-bond donors (Lipinski definition) is 2. The Hall–Kier alpha value is -3.99. The summed E-state index contributed by atoms with van der Waals surface area (Å²) < 4.78 is 32.7. The average Bonchev–Trinajstić information content (AvgIpc) is 2.78. The molecule has 0 spiro atoms. The average molecular weight is 442 g/mol. The molecule has 0 aliphatic rings. The SMILES string of the molecule is COc1ccc([N+](=O)[O-])cc1NS(=O)(=O)c1ccc(C(=O)NCc2ccncc2)cc1. The first kappa shape index (κ1) is 21.7. The van der Waals surface area contributed by atoms with Gasteiger partial charge in [-0.2, -0.15) is 0 Å². The highest BCUT2D eigenvalue weighted by Crippen LogP contribution is 2.30. The predicted octanol–water partition coefficient (Wildman–Crippen LogP) is 2.73. The fourth-order valence-corrected chi connectivity index (χ4v) is 3.72. The molecule has 10 nitrogen and oxygen atoms in total. The molecule has 3 rings (SSSR count). The van der Waals surface area contributed by atoms with Gasteiger partial charge in [-0.1, -0.05) is 0 Å². The lowest BCUT2D eigenvalue weighted by Gasteiger charge is -2.12. The highest BCUT2D eigenvalue weighted by molar-refractivity contribution is 7.92. The lowest BCUT2D eigenvalue weighted by molar-refractivity contribution is -0.384. The Morgan fingerprint density at radius 3 is 2.39 bits per heavy atom. The Labute approximate surface area is 178 Å². The number of aromatic nitrogens is 1. The van der Waals surface area contributed by atoms with Crippen LogP contribution in [0.15, 0.2) is 71.9 Å². The zero-order valence-corrected chi connectivity index (χ0v) is 17.1. The maximum atomic E-state index is 12.7. The summed E-state index contributed by atoms with van der Waals surface area (Å²) in [6.45, 7) is 0.301. The molecule has 0 unspecified atom stereocenters. The minimum atomic E-state index is -4.08. The number of rotatable bonds is 8. The molecular weight excluding hydrogens is 424 g/mol. The summed E-state index contributed by atoms with van der Waals surface area (Å²) in [5.74, 6) is -0.240. The zero-order valence-electron chi connectivity index (χ0n) is 16.3. The Kier molecular flexibility index (Phi) is 6.46. The quantitative estimate of drug-likeness (QED) is 0.404. The van der Waals surface area contributed by atoms with Crippen molar-refractivity contribution in [1.29, 1.82) is 0 Å². The van der Waals surface area contributed by atoms with Crippen molar-refractivity contribution in [3.8, 4) is 5.75 Å². The van der Waals surface area contributed by atoms with Gasteiger partial charge in [0.05, 0.1) is 22.6 Å². The van der Waals surface area contributed by atoms with Gasteiger partial charge >= 0.3 is 0 Å². The van der Waals surface area contributed by atoms with Gasteiger partial charge in [0.1, 0.15) is 5.75 Å². The van der Waals surface area contributed by atoms with Gasteiger partial charge in [-0.3, -0.25) is 24.6 Å². The van der Waals surface area contributed by atoms with E-state index >= 15 is 0 Å². The van der Waals surface area contributed by atoms with Gasteiger partial charge in [-0.25, -0.2) is 8.42 Å². The molecule has 11 heteroatoms. The molecule has 2 N–H and O–H groups in total. The number of ether oxygens (including phenoxy) is 1. The number of amides is 1. The summed E-state index contributed by atoms with van der Waals surface area (Å²) in [5.41, 5.74) is 0.786. The molecule has 0 aliphatic carbocycles. The highest BCUT2D eigenvalue weighted by atomic mass is 32.2. The van der Waals surface area contributed by atoms with Crippen LogP contribution in [0.2, 0.25) is 0 Å². The van der Waals surface area contributed by atoms with Crippen molar-refractivity contribution in [3.05, 3.63) is 88.2 Å². The van der Waals surface area contributed by atoms with Crippen molar-refractivity contribution < 1.29 is 22.9 Å². The number of non-ortho nitro benzene ring substituents is 1. The number of methoxy groups -OCH3 is 1. The van der Waals surface area contributed by atoms with Crippen molar-refractivity contribution in [2.45, 2.75) is 11.4 Å². The minimum absolute atomic E-state index is 0.0733. The van der Waals surface area contributed by atoms with Gasteiger partial charge in [-0.05, 0) is 48.0 Å². The van der Waals surface area contributed by atoms with Crippen LogP contribution in [-0.4, -0.2) is 31.3 Å². The van der Waals surface area contributed by atoms with Gasteiger partial charge in [0.25, 0.3) is 21.6 Å². The predicted molar refractivity (Wildman–Crippen MR) is 112 cm³/mol. The third-order valence-electron chi connectivity index (χ3n) is 4.27. The number of hydrogen-bond acceptors (Lipinski definition) is 7. The van der Waals surface area contributed by atoms with Gasteiger partial charge in [-0.15, -0.1) is 0 Å². The van der Waals surface area contributed by atoms with E-state index in [4.69, 9.17) is 4.74 Å².